The third-order valence-electron chi connectivity index (χ3n) is 3.76. The molecule has 23 heavy (non-hydrogen) atoms. The van der Waals surface area contributed by atoms with Crippen LogP contribution in [0.5, 0.6) is 0 Å². The fraction of sp³-hybridized carbons (Fsp3) is 1.00. The van der Waals surface area contributed by atoms with Crippen molar-refractivity contribution in [2.24, 2.45) is 0 Å². The fourth-order valence-electron chi connectivity index (χ4n) is 2.38. The van der Waals surface area contributed by atoms with E-state index in [-0.39, 0.29) is 6.42 Å². The van der Waals surface area contributed by atoms with Gasteiger partial charge in [0.05, 0.1) is 6.10 Å². The van der Waals surface area contributed by atoms with Gasteiger partial charge in [0.25, 0.3) is 0 Å². The molecule has 8 heteroatoms. The van der Waals surface area contributed by atoms with Crippen molar-refractivity contribution in [1.82, 2.24) is 0 Å². The lowest BCUT2D eigenvalue weighted by Gasteiger charge is -2.21. The van der Waals surface area contributed by atoms with Crippen LogP contribution in [0.1, 0.15) is 77.6 Å². The Kier molecular flexibility index (Phi) is 12.9. The molecule has 3 unspecified atom stereocenters. The van der Waals surface area contributed by atoms with Crippen LogP contribution in [-0.2, 0) is 14.6 Å². The van der Waals surface area contributed by atoms with E-state index in [1.807, 2.05) is 0 Å². The molecule has 0 fully saturated rings. The van der Waals surface area contributed by atoms with Gasteiger partial charge in [0.2, 0.25) is 6.29 Å². The minimum Gasteiger partial charge on any atom is -0.390 e. The number of hydrogen-bond acceptors (Lipinski definition) is 6. The molecule has 0 saturated carbocycles. The molecule has 0 rings (SSSR count). The molecular formula is C15H32O7S. The van der Waals surface area contributed by atoms with E-state index in [1.54, 1.807) is 0 Å². The minimum atomic E-state index is -4.87. The molecule has 3 atom stereocenters. The Morgan fingerprint density at radius 2 is 1.26 bits per heavy atom. The molecule has 0 bridgehead atoms. The predicted octanol–water partition coefficient (Wildman–Crippen LogP) is 2.16. The molecule has 0 heterocycles. The second-order valence-electron chi connectivity index (χ2n) is 5.94. The molecule has 0 aromatic carbocycles. The number of aliphatic hydroxyl groups excluding tert-OH is 3. The summed E-state index contributed by atoms with van der Waals surface area (Å²) in [7, 11) is -4.87. The minimum absolute atomic E-state index is 0.226. The summed E-state index contributed by atoms with van der Waals surface area (Å²) in [6, 6.07) is 0. The first-order chi connectivity index (χ1) is 10.8. The van der Waals surface area contributed by atoms with Gasteiger partial charge in [-0.3, -0.25) is 4.55 Å². The summed E-state index contributed by atoms with van der Waals surface area (Å²) in [4.78, 5) is 0. The van der Waals surface area contributed by atoms with Crippen LogP contribution in [0.2, 0.25) is 0 Å². The molecule has 0 aromatic rings. The van der Waals surface area contributed by atoms with Crippen molar-refractivity contribution >= 4 is 10.4 Å². The highest BCUT2D eigenvalue weighted by atomic mass is 32.3. The maximum atomic E-state index is 10.4. The molecule has 140 valence electrons. The highest BCUT2D eigenvalue weighted by Gasteiger charge is 2.28. The first-order valence-electron chi connectivity index (χ1n) is 8.47. The Bertz CT molecular complexity index is 372. The molecule has 0 saturated heterocycles. The number of hydrogen-bond donors (Lipinski definition) is 4. The van der Waals surface area contributed by atoms with Gasteiger partial charge in [-0.1, -0.05) is 71.1 Å². The molecular weight excluding hydrogens is 324 g/mol. The standard InChI is InChI=1S/C15H32O7S/c1-2-3-4-5-6-7-8-9-10-11-12-13(16)14(17)15(18)22-23(19,20)21/h13-18H,2-12H2,1H3,(H,19,20,21). The Morgan fingerprint density at radius 1 is 0.826 bits per heavy atom. The van der Waals surface area contributed by atoms with E-state index >= 15 is 0 Å². The van der Waals surface area contributed by atoms with Crippen molar-refractivity contribution in [3.8, 4) is 0 Å². The molecule has 0 aliphatic carbocycles. The van der Waals surface area contributed by atoms with Crippen LogP contribution in [0.4, 0.5) is 0 Å². The van der Waals surface area contributed by atoms with Gasteiger partial charge in [0.1, 0.15) is 6.10 Å². The van der Waals surface area contributed by atoms with Crippen LogP contribution >= 0.6 is 0 Å². The van der Waals surface area contributed by atoms with E-state index in [9.17, 15) is 23.7 Å². The second-order valence-corrected chi connectivity index (χ2v) is 6.99. The fourth-order valence-corrected chi connectivity index (χ4v) is 2.75. The van der Waals surface area contributed by atoms with Crippen LogP contribution in [0, 0.1) is 0 Å². The Balaban J connectivity index is 3.60. The van der Waals surface area contributed by atoms with Gasteiger partial charge in [0, 0.05) is 0 Å². The Hall–Kier alpha value is -0.250. The molecule has 7 nitrogen and oxygen atoms in total. The zero-order chi connectivity index (χ0) is 17.7. The predicted molar refractivity (Wildman–Crippen MR) is 87.1 cm³/mol. The van der Waals surface area contributed by atoms with Crippen molar-refractivity contribution in [1.29, 1.82) is 0 Å². The Morgan fingerprint density at radius 3 is 1.70 bits per heavy atom. The topological polar surface area (TPSA) is 124 Å². The highest BCUT2D eigenvalue weighted by Crippen LogP contribution is 2.14. The van der Waals surface area contributed by atoms with Crippen LogP contribution in [-0.4, -0.2) is 46.8 Å². The lowest BCUT2D eigenvalue weighted by Crippen LogP contribution is -2.40. The first kappa shape index (κ1) is 22.8. The third kappa shape index (κ3) is 13.8. The number of unbranched alkanes of at least 4 members (excludes halogenated alkanes) is 9. The largest absolute Gasteiger partial charge is 0.399 e. The quantitative estimate of drug-likeness (QED) is 0.201. The zero-order valence-corrected chi connectivity index (χ0v) is 14.7. The monoisotopic (exact) mass is 356 g/mol. The van der Waals surface area contributed by atoms with Crippen molar-refractivity contribution in [2.75, 3.05) is 0 Å². The maximum absolute atomic E-state index is 10.4. The Labute approximate surface area is 139 Å². The smallest absolute Gasteiger partial charge is 0.390 e. The average Bonchev–Trinajstić information content (AvgIpc) is 2.46. The normalized spacial score (nSPS) is 16.2. The van der Waals surface area contributed by atoms with E-state index in [2.05, 4.69) is 11.1 Å². The molecule has 4 N–H and O–H groups in total. The molecule has 0 radical (unpaired) electrons. The number of rotatable bonds is 15. The van der Waals surface area contributed by atoms with Gasteiger partial charge in [-0.25, -0.2) is 4.18 Å². The van der Waals surface area contributed by atoms with E-state index in [0.29, 0.717) is 6.42 Å². The summed E-state index contributed by atoms with van der Waals surface area (Å²) in [6.07, 6.45) is 6.28. The van der Waals surface area contributed by atoms with Crippen LogP contribution in [0.3, 0.4) is 0 Å². The SMILES string of the molecule is CCCCCCCCCCCCC(O)C(O)C(O)OS(=O)(=O)O. The molecule has 0 aliphatic rings. The first-order valence-corrected chi connectivity index (χ1v) is 9.84. The van der Waals surface area contributed by atoms with Gasteiger partial charge in [0.15, 0.2) is 0 Å². The summed E-state index contributed by atoms with van der Waals surface area (Å²) in [5, 5.41) is 28.3. The summed E-state index contributed by atoms with van der Waals surface area (Å²) >= 11 is 0. The van der Waals surface area contributed by atoms with Gasteiger partial charge in [-0.05, 0) is 6.42 Å². The van der Waals surface area contributed by atoms with Crippen molar-refractivity contribution in [2.45, 2.75) is 96.1 Å². The third-order valence-corrected chi connectivity index (χ3v) is 4.20. The second kappa shape index (κ2) is 13.1. The van der Waals surface area contributed by atoms with E-state index < -0.39 is 28.9 Å². The summed E-state index contributed by atoms with van der Waals surface area (Å²) < 4.78 is 33.0. The van der Waals surface area contributed by atoms with Crippen LogP contribution < -0.4 is 0 Å². The summed E-state index contributed by atoms with van der Waals surface area (Å²) in [5.41, 5.74) is 0. The molecule has 0 amide bonds. The molecule has 0 aliphatic heterocycles. The summed E-state index contributed by atoms with van der Waals surface area (Å²) in [6.45, 7) is 2.19. The molecule has 0 aromatic heterocycles. The van der Waals surface area contributed by atoms with Gasteiger partial charge < -0.3 is 15.3 Å². The average molecular weight is 356 g/mol. The van der Waals surface area contributed by atoms with Gasteiger partial charge in [-0.2, -0.15) is 8.42 Å². The van der Waals surface area contributed by atoms with Crippen LogP contribution in [0.25, 0.3) is 0 Å². The van der Waals surface area contributed by atoms with E-state index in [0.717, 1.165) is 19.3 Å². The van der Waals surface area contributed by atoms with Gasteiger partial charge >= 0.3 is 10.4 Å². The maximum Gasteiger partial charge on any atom is 0.399 e. The van der Waals surface area contributed by atoms with E-state index in [4.69, 9.17) is 4.55 Å². The van der Waals surface area contributed by atoms with Crippen LogP contribution in [0.15, 0.2) is 0 Å². The van der Waals surface area contributed by atoms with Gasteiger partial charge in [-0.15, -0.1) is 0 Å². The number of aliphatic hydroxyl groups is 3. The zero-order valence-electron chi connectivity index (χ0n) is 13.9. The van der Waals surface area contributed by atoms with Crippen molar-refractivity contribution in [3.63, 3.8) is 0 Å². The van der Waals surface area contributed by atoms with E-state index in [1.165, 1.54) is 38.5 Å². The lowest BCUT2D eigenvalue weighted by atomic mass is 10.0. The molecule has 0 spiro atoms. The summed E-state index contributed by atoms with van der Waals surface area (Å²) in [5.74, 6) is 0. The highest BCUT2D eigenvalue weighted by molar-refractivity contribution is 7.80. The lowest BCUT2D eigenvalue weighted by molar-refractivity contribution is -0.144. The van der Waals surface area contributed by atoms with Crippen molar-refractivity contribution in [3.05, 3.63) is 0 Å². The van der Waals surface area contributed by atoms with Crippen molar-refractivity contribution < 1.29 is 32.5 Å².